The summed E-state index contributed by atoms with van der Waals surface area (Å²) in [6.45, 7) is 3.48. The summed E-state index contributed by atoms with van der Waals surface area (Å²) < 4.78 is 5.11. The molecule has 0 amide bonds. The van der Waals surface area contributed by atoms with Crippen LogP contribution in [0.1, 0.15) is 16.1 Å². The first-order valence-corrected chi connectivity index (χ1v) is 7.58. The van der Waals surface area contributed by atoms with Gasteiger partial charge in [-0.2, -0.15) is 0 Å². The van der Waals surface area contributed by atoms with Crippen molar-refractivity contribution in [2.45, 2.75) is 20.0 Å². The standard InChI is InChI=1S/C15H20N4OS/c1-11-7-8-21-13(11)10-18-15(16-2)17-9-12-5-4-6-14(19-12)20-3/h4-8H,9-10H2,1-3H3,(H2,16,17,18). The van der Waals surface area contributed by atoms with Crippen LogP contribution in [0.15, 0.2) is 34.6 Å². The maximum Gasteiger partial charge on any atom is 0.213 e. The topological polar surface area (TPSA) is 58.5 Å². The van der Waals surface area contributed by atoms with Gasteiger partial charge in [0.2, 0.25) is 5.88 Å². The third-order valence-corrected chi connectivity index (χ3v) is 4.06. The first kappa shape index (κ1) is 15.3. The minimum absolute atomic E-state index is 0.598. The second-order valence-corrected chi connectivity index (χ2v) is 5.48. The second-order valence-electron chi connectivity index (χ2n) is 4.48. The van der Waals surface area contributed by atoms with Crippen molar-refractivity contribution in [3.8, 4) is 5.88 Å². The number of guanidine groups is 1. The van der Waals surface area contributed by atoms with Gasteiger partial charge in [0.05, 0.1) is 25.9 Å². The van der Waals surface area contributed by atoms with Crippen LogP contribution in [0.2, 0.25) is 0 Å². The molecule has 5 nitrogen and oxygen atoms in total. The van der Waals surface area contributed by atoms with Gasteiger partial charge in [0.25, 0.3) is 0 Å². The van der Waals surface area contributed by atoms with Crippen molar-refractivity contribution in [1.29, 1.82) is 0 Å². The highest BCUT2D eigenvalue weighted by molar-refractivity contribution is 7.10. The van der Waals surface area contributed by atoms with Crippen LogP contribution >= 0.6 is 11.3 Å². The van der Waals surface area contributed by atoms with Crippen LogP contribution in [-0.2, 0) is 13.1 Å². The molecule has 2 N–H and O–H groups in total. The molecule has 2 heterocycles. The van der Waals surface area contributed by atoms with E-state index in [1.165, 1.54) is 10.4 Å². The van der Waals surface area contributed by atoms with Crippen molar-refractivity contribution in [2.75, 3.05) is 14.2 Å². The molecular formula is C15H20N4OS. The van der Waals surface area contributed by atoms with Crippen molar-refractivity contribution in [3.63, 3.8) is 0 Å². The molecule has 2 aromatic heterocycles. The number of methoxy groups -OCH3 is 1. The van der Waals surface area contributed by atoms with Crippen molar-refractivity contribution < 1.29 is 4.74 Å². The van der Waals surface area contributed by atoms with E-state index in [0.29, 0.717) is 12.4 Å². The van der Waals surface area contributed by atoms with E-state index < -0.39 is 0 Å². The number of pyridine rings is 1. The normalized spacial score (nSPS) is 11.3. The molecular weight excluding hydrogens is 284 g/mol. The van der Waals surface area contributed by atoms with Crippen LogP contribution in [-0.4, -0.2) is 25.1 Å². The van der Waals surface area contributed by atoms with Crippen molar-refractivity contribution in [3.05, 3.63) is 45.8 Å². The molecule has 6 heteroatoms. The lowest BCUT2D eigenvalue weighted by Gasteiger charge is -2.11. The van der Waals surface area contributed by atoms with E-state index in [2.05, 4.69) is 39.0 Å². The minimum atomic E-state index is 0.598. The molecule has 0 bridgehead atoms. The highest BCUT2D eigenvalue weighted by Gasteiger charge is 2.03. The van der Waals surface area contributed by atoms with Crippen LogP contribution in [0.5, 0.6) is 5.88 Å². The zero-order valence-corrected chi connectivity index (χ0v) is 13.3. The molecule has 0 aromatic carbocycles. The average Bonchev–Trinajstić information content (AvgIpc) is 2.93. The fourth-order valence-corrected chi connectivity index (χ4v) is 2.66. The summed E-state index contributed by atoms with van der Waals surface area (Å²) in [5.41, 5.74) is 2.21. The first-order valence-electron chi connectivity index (χ1n) is 6.70. The summed E-state index contributed by atoms with van der Waals surface area (Å²) in [5.74, 6) is 1.37. The van der Waals surface area contributed by atoms with Crippen molar-refractivity contribution >= 4 is 17.3 Å². The van der Waals surface area contributed by atoms with E-state index in [1.807, 2.05) is 18.2 Å². The first-order chi connectivity index (χ1) is 10.2. The van der Waals surface area contributed by atoms with E-state index in [9.17, 15) is 0 Å². The second kappa shape index (κ2) is 7.64. The molecule has 0 aliphatic heterocycles. The Morgan fingerprint density at radius 3 is 2.76 bits per heavy atom. The fraction of sp³-hybridized carbons (Fsp3) is 0.333. The van der Waals surface area contributed by atoms with Gasteiger partial charge in [0.1, 0.15) is 0 Å². The maximum absolute atomic E-state index is 5.11. The van der Waals surface area contributed by atoms with Crippen LogP contribution in [0, 0.1) is 6.92 Å². The summed E-state index contributed by atoms with van der Waals surface area (Å²) >= 11 is 1.75. The lowest BCUT2D eigenvalue weighted by Crippen LogP contribution is -2.36. The Hall–Kier alpha value is -2.08. The smallest absolute Gasteiger partial charge is 0.213 e. The number of nitrogens with one attached hydrogen (secondary N) is 2. The van der Waals surface area contributed by atoms with Gasteiger partial charge in [-0.1, -0.05) is 6.07 Å². The van der Waals surface area contributed by atoms with Gasteiger partial charge in [-0.25, -0.2) is 4.98 Å². The fourth-order valence-electron chi connectivity index (χ4n) is 1.81. The number of aliphatic imine (C=N–C) groups is 1. The minimum Gasteiger partial charge on any atom is -0.481 e. The molecule has 0 fully saturated rings. The number of aryl methyl sites for hydroxylation is 1. The Morgan fingerprint density at radius 1 is 1.29 bits per heavy atom. The molecule has 0 spiro atoms. The van der Waals surface area contributed by atoms with E-state index in [4.69, 9.17) is 4.74 Å². The third kappa shape index (κ3) is 4.46. The lowest BCUT2D eigenvalue weighted by molar-refractivity contribution is 0.396. The predicted molar refractivity (Wildman–Crippen MR) is 86.9 cm³/mol. The molecule has 2 rings (SSSR count). The highest BCUT2D eigenvalue weighted by atomic mass is 32.1. The van der Waals surface area contributed by atoms with E-state index in [0.717, 1.165) is 18.2 Å². The summed E-state index contributed by atoms with van der Waals surface area (Å²) in [4.78, 5) is 9.89. The molecule has 0 aliphatic rings. The van der Waals surface area contributed by atoms with E-state index in [-0.39, 0.29) is 0 Å². The molecule has 0 saturated heterocycles. The zero-order valence-electron chi connectivity index (χ0n) is 12.5. The molecule has 0 atom stereocenters. The number of ether oxygens (including phenoxy) is 1. The Balaban J connectivity index is 1.86. The highest BCUT2D eigenvalue weighted by Crippen LogP contribution is 2.14. The number of nitrogens with zero attached hydrogens (tertiary/aromatic N) is 2. The van der Waals surface area contributed by atoms with Gasteiger partial charge in [-0.15, -0.1) is 11.3 Å². The number of aromatic nitrogens is 1. The zero-order chi connectivity index (χ0) is 15.1. The molecule has 112 valence electrons. The molecule has 0 aliphatic carbocycles. The van der Waals surface area contributed by atoms with E-state index in [1.54, 1.807) is 25.5 Å². The van der Waals surface area contributed by atoms with Crippen molar-refractivity contribution in [1.82, 2.24) is 15.6 Å². The molecule has 0 unspecified atom stereocenters. The van der Waals surface area contributed by atoms with Crippen LogP contribution in [0.3, 0.4) is 0 Å². The quantitative estimate of drug-likeness (QED) is 0.657. The van der Waals surface area contributed by atoms with Gasteiger partial charge < -0.3 is 15.4 Å². The Bertz CT molecular complexity index is 609. The van der Waals surface area contributed by atoms with Crippen molar-refractivity contribution in [2.24, 2.45) is 4.99 Å². The molecule has 0 radical (unpaired) electrons. The Labute approximate surface area is 129 Å². The number of rotatable bonds is 5. The SMILES string of the molecule is CN=C(NCc1cccc(OC)n1)NCc1sccc1C. The third-order valence-electron chi connectivity index (χ3n) is 3.04. The van der Waals surface area contributed by atoms with Gasteiger partial charge in [0.15, 0.2) is 5.96 Å². The largest absolute Gasteiger partial charge is 0.481 e. The predicted octanol–water partition coefficient (Wildman–Crippen LogP) is 2.33. The molecule has 2 aromatic rings. The van der Waals surface area contributed by atoms with Crippen LogP contribution < -0.4 is 15.4 Å². The summed E-state index contributed by atoms with van der Waals surface area (Å²) in [6.07, 6.45) is 0. The average molecular weight is 304 g/mol. The number of hydrogen-bond donors (Lipinski definition) is 2. The van der Waals surface area contributed by atoms with Gasteiger partial charge in [0, 0.05) is 18.0 Å². The van der Waals surface area contributed by atoms with Gasteiger partial charge >= 0.3 is 0 Å². The Kier molecular flexibility index (Phi) is 5.57. The van der Waals surface area contributed by atoms with Crippen LogP contribution in [0.4, 0.5) is 0 Å². The van der Waals surface area contributed by atoms with Gasteiger partial charge in [-0.3, -0.25) is 4.99 Å². The lowest BCUT2D eigenvalue weighted by atomic mass is 10.3. The maximum atomic E-state index is 5.11. The molecule has 21 heavy (non-hydrogen) atoms. The monoisotopic (exact) mass is 304 g/mol. The summed E-state index contributed by atoms with van der Waals surface area (Å²) in [7, 11) is 3.37. The van der Waals surface area contributed by atoms with Crippen LogP contribution in [0.25, 0.3) is 0 Å². The summed E-state index contributed by atoms with van der Waals surface area (Å²) in [5, 5.41) is 8.65. The summed E-state index contributed by atoms with van der Waals surface area (Å²) in [6, 6.07) is 7.83. The number of thiophene rings is 1. The number of hydrogen-bond acceptors (Lipinski definition) is 4. The van der Waals surface area contributed by atoms with E-state index >= 15 is 0 Å². The molecule has 0 saturated carbocycles. The van der Waals surface area contributed by atoms with Gasteiger partial charge in [-0.05, 0) is 30.0 Å². The Morgan fingerprint density at radius 2 is 2.10 bits per heavy atom.